The fourth-order valence-electron chi connectivity index (χ4n) is 2.05. The van der Waals surface area contributed by atoms with Gasteiger partial charge in [-0.15, -0.1) is 0 Å². The number of thioether (sulfide) groups is 1. The maximum absolute atomic E-state index is 12.0. The standard InChI is InChI=1S/C16H21N5OS/c1-18-14-10-13(20-16(17)21-14)11-4-6-12(7-5-11)15(22)19-8-3-9-23-2/h4-7,10H,3,8-9H2,1-2H3,(H,19,22)(H3,17,18,20,21). The summed E-state index contributed by atoms with van der Waals surface area (Å²) < 4.78 is 0. The van der Waals surface area contributed by atoms with Crippen LogP contribution in [0.1, 0.15) is 16.8 Å². The van der Waals surface area contributed by atoms with Gasteiger partial charge < -0.3 is 16.4 Å². The number of hydrogen-bond acceptors (Lipinski definition) is 6. The van der Waals surface area contributed by atoms with Gasteiger partial charge in [0.25, 0.3) is 5.91 Å². The maximum Gasteiger partial charge on any atom is 0.251 e. The number of anilines is 2. The first-order chi connectivity index (χ1) is 11.1. The lowest BCUT2D eigenvalue weighted by Gasteiger charge is -2.07. The molecule has 4 N–H and O–H groups in total. The number of hydrogen-bond donors (Lipinski definition) is 3. The van der Waals surface area contributed by atoms with Gasteiger partial charge in [0.1, 0.15) is 5.82 Å². The van der Waals surface area contributed by atoms with Crippen LogP contribution in [0.2, 0.25) is 0 Å². The number of carbonyl (C=O) groups is 1. The number of rotatable bonds is 7. The van der Waals surface area contributed by atoms with Crippen molar-refractivity contribution in [3.8, 4) is 11.3 Å². The molecule has 1 amide bonds. The predicted octanol–water partition coefficient (Wildman–Crippen LogP) is 2.25. The number of nitrogen functional groups attached to an aromatic ring is 1. The molecule has 0 aliphatic heterocycles. The molecule has 0 saturated carbocycles. The Balaban J connectivity index is 2.07. The first-order valence-electron chi connectivity index (χ1n) is 7.34. The van der Waals surface area contributed by atoms with Gasteiger partial charge in [-0.25, -0.2) is 4.98 Å². The minimum absolute atomic E-state index is 0.0595. The van der Waals surface area contributed by atoms with Gasteiger partial charge in [0, 0.05) is 30.8 Å². The maximum atomic E-state index is 12.0. The van der Waals surface area contributed by atoms with Gasteiger partial charge in [-0.3, -0.25) is 4.79 Å². The van der Waals surface area contributed by atoms with E-state index in [0.29, 0.717) is 23.6 Å². The molecule has 0 radical (unpaired) electrons. The van der Waals surface area contributed by atoms with Crippen molar-refractivity contribution in [1.29, 1.82) is 0 Å². The Morgan fingerprint density at radius 3 is 2.65 bits per heavy atom. The lowest BCUT2D eigenvalue weighted by atomic mass is 10.1. The van der Waals surface area contributed by atoms with E-state index in [9.17, 15) is 4.79 Å². The zero-order valence-electron chi connectivity index (χ0n) is 13.3. The Bertz CT molecular complexity index is 660. The summed E-state index contributed by atoms with van der Waals surface area (Å²) in [6, 6.07) is 9.11. The third-order valence-electron chi connectivity index (χ3n) is 3.25. The molecule has 0 unspecified atom stereocenters. The molecule has 0 fully saturated rings. The molecule has 0 spiro atoms. The first kappa shape index (κ1) is 17.1. The highest BCUT2D eigenvalue weighted by Crippen LogP contribution is 2.21. The van der Waals surface area contributed by atoms with Crippen LogP contribution < -0.4 is 16.4 Å². The summed E-state index contributed by atoms with van der Waals surface area (Å²) in [4.78, 5) is 20.3. The fourth-order valence-corrected chi connectivity index (χ4v) is 2.49. The predicted molar refractivity (Wildman–Crippen MR) is 96.8 cm³/mol. The first-order valence-corrected chi connectivity index (χ1v) is 8.73. The fraction of sp³-hybridized carbons (Fsp3) is 0.312. The van der Waals surface area contributed by atoms with Crippen molar-refractivity contribution in [3.63, 3.8) is 0 Å². The smallest absolute Gasteiger partial charge is 0.251 e. The minimum Gasteiger partial charge on any atom is -0.373 e. The van der Waals surface area contributed by atoms with Gasteiger partial charge in [-0.2, -0.15) is 16.7 Å². The van der Waals surface area contributed by atoms with Gasteiger partial charge >= 0.3 is 0 Å². The number of benzene rings is 1. The van der Waals surface area contributed by atoms with Crippen molar-refractivity contribution in [2.24, 2.45) is 0 Å². The van der Waals surface area contributed by atoms with E-state index in [-0.39, 0.29) is 11.9 Å². The van der Waals surface area contributed by atoms with Crippen molar-refractivity contribution in [2.45, 2.75) is 6.42 Å². The molecule has 1 heterocycles. The summed E-state index contributed by atoms with van der Waals surface area (Å²) in [5.41, 5.74) is 7.94. The van der Waals surface area contributed by atoms with Crippen LogP contribution in [0.25, 0.3) is 11.3 Å². The van der Waals surface area contributed by atoms with Gasteiger partial charge in [0.2, 0.25) is 5.95 Å². The molecule has 7 heteroatoms. The highest BCUT2D eigenvalue weighted by Gasteiger charge is 2.07. The molecule has 0 atom stereocenters. The van der Waals surface area contributed by atoms with E-state index in [1.54, 1.807) is 30.9 Å². The van der Waals surface area contributed by atoms with E-state index in [1.807, 2.05) is 18.2 Å². The summed E-state index contributed by atoms with van der Waals surface area (Å²) in [6.07, 6.45) is 3.03. The molecule has 0 bridgehead atoms. The second-order valence-corrected chi connectivity index (χ2v) is 5.91. The zero-order chi connectivity index (χ0) is 16.7. The third kappa shape index (κ3) is 4.85. The average Bonchev–Trinajstić information content (AvgIpc) is 2.58. The highest BCUT2D eigenvalue weighted by atomic mass is 32.2. The van der Waals surface area contributed by atoms with Crippen LogP contribution in [0.4, 0.5) is 11.8 Å². The topological polar surface area (TPSA) is 92.9 Å². The van der Waals surface area contributed by atoms with E-state index in [0.717, 1.165) is 17.7 Å². The van der Waals surface area contributed by atoms with Crippen LogP contribution in [0.3, 0.4) is 0 Å². The zero-order valence-corrected chi connectivity index (χ0v) is 14.1. The monoisotopic (exact) mass is 331 g/mol. The number of amides is 1. The van der Waals surface area contributed by atoms with Crippen LogP contribution in [0.15, 0.2) is 30.3 Å². The number of nitrogens with two attached hydrogens (primary N) is 1. The third-order valence-corrected chi connectivity index (χ3v) is 3.95. The molecule has 0 saturated heterocycles. The summed E-state index contributed by atoms with van der Waals surface area (Å²) in [5, 5.41) is 5.86. The van der Waals surface area contributed by atoms with E-state index in [4.69, 9.17) is 5.73 Å². The van der Waals surface area contributed by atoms with Crippen LogP contribution in [0, 0.1) is 0 Å². The van der Waals surface area contributed by atoms with Crippen LogP contribution in [-0.4, -0.2) is 41.5 Å². The Morgan fingerprint density at radius 1 is 1.26 bits per heavy atom. The van der Waals surface area contributed by atoms with E-state index < -0.39 is 0 Å². The van der Waals surface area contributed by atoms with Gasteiger partial charge in [-0.05, 0) is 30.6 Å². The summed E-state index contributed by atoms with van der Waals surface area (Å²) in [6.45, 7) is 0.690. The molecule has 1 aromatic heterocycles. The Kier molecular flexibility index (Phi) is 6.22. The molecule has 6 nitrogen and oxygen atoms in total. The minimum atomic E-state index is -0.0595. The van der Waals surface area contributed by atoms with E-state index in [2.05, 4.69) is 26.9 Å². The summed E-state index contributed by atoms with van der Waals surface area (Å²) in [7, 11) is 1.77. The molecular formula is C16H21N5OS. The van der Waals surface area contributed by atoms with Crippen LogP contribution in [0.5, 0.6) is 0 Å². The average molecular weight is 331 g/mol. The normalized spacial score (nSPS) is 10.3. The van der Waals surface area contributed by atoms with E-state index >= 15 is 0 Å². The SMILES string of the molecule is CNc1cc(-c2ccc(C(=O)NCCCSC)cc2)nc(N)n1. The molecule has 2 aromatic rings. The quantitative estimate of drug-likeness (QED) is 0.674. The Morgan fingerprint density at radius 2 is 2.00 bits per heavy atom. The molecule has 1 aromatic carbocycles. The lowest BCUT2D eigenvalue weighted by molar-refractivity contribution is 0.0954. The van der Waals surface area contributed by atoms with Gasteiger partial charge in [0.15, 0.2) is 0 Å². The van der Waals surface area contributed by atoms with E-state index in [1.165, 1.54) is 0 Å². The molecule has 23 heavy (non-hydrogen) atoms. The summed E-state index contributed by atoms with van der Waals surface area (Å²) in [5.74, 6) is 1.85. The number of nitrogens with one attached hydrogen (secondary N) is 2. The Labute approximate surface area is 140 Å². The van der Waals surface area contributed by atoms with Crippen molar-refractivity contribution in [2.75, 3.05) is 36.7 Å². The second kappa shape index (κ2) is 8.38. The highest BCUT2D eigenvalue weighted by molar-refractivity contribution is 7.98. The molecular weight excluding hydrogens is 310 g/mol. The largest absolute Gasteiger partial charge is 0.373 e. The molecule has 2 rings (SSSR count). The summed E-state index contributed by atoms with van der Waals surface area (Å²) >= 11 is 1.77. The number of aromatic nitrogens is 2. The van der Waals surface area contributed by atoms with Crippen LogP contribution in [-0.2, 0) is 0 Å². The van der Waals surface area contributed by atoms with Crippen molar-refractivity contribution in [3.05, 3.63) is 35.9 Å². The van der Waals surface area contributed by atoms with Crippen molar-refractivity contribution < 1.29 is 4.79 Å². The van der Waals surface area contributed by atoms with Crippen LogP contribution >= 0.6 is 11.8 Å². The molecule has 0 aliphatic carbocycles. The molecule has 0 aliphatic rings. The number of carbonyl (C=O) groups excluding carboxylic acids is 1. The lowest BCUT2D eigenvalue weighted by Crippen LogP contribution is -2.24. The van der Waals surface area contributed by atoms with Gasteiger partial charge in [0.05, 0.1) is 5.69 Å². The number of nitrogens with zero attached hydrogens (tertiary/aromatic N) is 2. The van der Waals surface area contributed by atoms with Gasteiger partial charge in [-0.1, -0.05) is 12.1 Å². The van der Waals surface area contributed by atoms with Crippen molar-refractivity contribution >= 4 is 29.4 Å². The Hall–Kier alpha value is -2.28. The van der Waals surface area contributed by atoms with Crippen molar-refractivity contribution in [1.82, 2.24) is 15.3 Å². The molecule has 122 valence electrons. The second-order valence-electron chi connectivity index (χ2n) is 4.93.